The number of esters is 1. The number of fused-ring (bicyclic) bond motifs is 1. The summed E-state index contributed by atoms with van der Waals surface area (Å²) in [4.78, 5) is 49.1. The molecule has 0 saturated heterocycles. The van der Waals surface area contributed by atoms with Crippen LogP contribution in [0.4, 0.5) is 10.5 Å². The molecule has 2 aliphatic rings. The Morgan fingerprint density at radius 3 is 2.72 bits per heavy atom. The molecule has 0 aromatic heterocycles. The van der Waals surface area contributed by atoms with Crippen LogP contribution >= 0.6 is 11.8 Å². The topological polar surface area (TPSA) is 114 Å². The molecule has 1 aromatic rings. The second kappa shape index (κ2) is 9.78. The van der Waals surface area contributed by atoms with Gasteiger partial charge in [0, 0.05) is 23.1 Å². The number of thioether (sulfide) groups is 1. The number of carbonyl (C=O) groups excluding carboxylic acids is 4. The van der Waals surface area contributed by atoms with E-state index in [1.807, 2.05) is 0 Å². The predicted molar refractivity (Wildman–Crippen MR) is 109 cm³/mol. The first-order valence-electron chi connectivity index (χ1n) is 9.81. The van der Waals surface area contributed by atoms with Gasteiger partial charge in [0.1, 0.15) is 0 Å². The average Bonchev–Trinajstić information content (AvgIpc) is 2.88. The van der Waals surface area contributed by atoms with Gasteiger partial charge in [0.05, 0.1) is 11.3 Å². The van der Waals surface area contributed by atoms with E-state index in [1.54, 1.807) is 12.1 Å². The van der Waals surface area contributed by atoms with Crippen molar-refractivity contribution in [3.8, 4) is 0 Å². The zero-order valence-corrected chi connectivity index (χ0v) is 17.1. The Morgan fingerprint density at radius 2 is 1.97 bits per heavy atom. The van der Waals surface area contributed by atoms with Gasteiger partial charge in [-0.05, 0) is 38.0 Å². The maximum atomic E-state index is 12.4. The lowest BCUT2D eigenvalue weighted by molar-refractivity contribution is -0.128. The van der Waals surface area contributed by atoms with Crippen LogP contribution in [0, 0.1) is 0 Å². The molecule has 29 heavy (non-hydrogen) atoms. The molecule has 1 saturated carbocycles. The first kappa shape index (κ1) is 21.2. The molecule has 1 fully saturated rings. The van der Waals surface area contributed by atoms with Crippen LogP contribution in [-0.2, 0) is 14.3 Å². The molecule has 1 atom stereocenters. The molecule has 8 nitrogen and oxygen atoms in total. The third-order valence-electron chi connectivity index (χ3n) is 4.91. The summed E-state index contributed by atoms with van der Waals surface area (Å²) in [5.74, 6) is -0.835. The summed E-state index contributed by atoms with van der Waals surface area (Å²) in [5, 5.41) is 7.76. The summed E-state index contributed by atoms with van der Waals surface area (Å²) in [6.45, 7) is 1.40. The van der Waals surface area contributed by atoms with Gasteiger partial charge in [-0.2, -0.15) is 0 Å². The molecule has 9 heteroatoms. The molecular formula is C20H25N3O5S. The van der Waals surface area contributed by atoms with Crippen molar-refractivity contribution in [1.82, 2.24) is 10.6 Å². The maximum absolute atomic E-state index is 12.4. The van der Waals surface area contributed by atoms with Crippen molar-refractivity contribution >= 4 is 41.3 Å². The van der Waals surface area contributed by atoms with Crippen LogP contribution in [0.1, 0.15) is 55.8 Å². The largest absolute Gasteiger partial charge is 0.449 e. The van der Waals surface area contributed by atoms with Gasteiger partial charge in [0.2, 0.25) is 5.91 Å². The lowest BCUT2D eigenvalue weighted by atomic mass is 9.96. The summed E-state index contributed by atoms with van der Waals surface area (Å²) in [5.41, 5.74) is 0.772. The van der Waals surface area contributed by atoms with Gasteiger partial charge in [-0.1, -0.05) is 19.3 Å². The molecule has 3 N–H and O–H groups in total. The van der Waals surface area contributed by atoms with Gasteiger partial charge >= 0.3 is 12.0 Å². The van der Waals surface area contributed by atoms with Crippen molar-refractivity contribution < 1.29 is 23.9 Å². The van der Waals surface area contributed by atoms with Gasteiger partial charge in [0.25, 0.3) is 5.91 Å². The quantitative estimate of drug-likeness (QED) is 0.647. The number of ether oxygens (including phenoxy) is 1. The number of anilines is 1. The first-order chi connectivity index (χ1) is 13.9. The molecule has 156 valence electrons. The third-order valence-corrected chi connectivity index (χ3v) is 5.98. The Morgan fingerprint density at radius 1 is 1.21 bits per heavy atom. The number of hydrogen-bond acceptors (Lipinski definition) is 6. The Labute approximate surface area is 173 Å². The Bertz CT molecular complexity index is 807. The number of rotatable bonds is 4. The Balaban J connectivity index is 1.53. The van der Waals surface area contributed by atoms with Gasteiger partial charge in [-0.3, -0.25) is 14.9 Å². The zero-order chi connectivity index (χ0) is 20.8. The summed E-state index contributed by atoms with van der Waals surface area (Å²) in [7, 11) is 0. The van der Waals surface area contributed by atoms with Crippen molar-refractivity contribution in [1.29, 1.82) is 0 Å². The maximum Gasteiger partial charge on any atom is 0.338 e. The second-order valence-electron chi connectivity index (χ2n) is 7.20. The van der Waals surface area contributed by atoms with E-state index >= 15 is 0 Å². The minimum atomic E-state index is -1.14. The summed E-state index contributed by atoms with van der Waals surface area (Å²) in [6, 6.07) is 4.36. The minimum absolute atomic E-state index is 0.0714. The van der Waals surface area contributed by atoms with Crippen molar-refractivity contribution in [2.24, 2.45) is 0 Å². The van der Waals surface area contributed by atoms with E-state index in [2.05, 4.69) is 16.0 Å². The molecule has 1 heterocycles. The van der Waals surface area contributed by atoms with Crippen molar-refractivity contribution in [2.75, 3.05) is 11.1 Å². The lowest BCUT2D eigenvalue weighted by Gasteiger charge is -2.23. The number of amides is 4. The molecule has 0 bridgehead atoms. The van der Waals surface area contributed by atoms with Crippen LogP contribution in [0.2, 0.25) is 0 Å². The van der Waals surface area contributed by atoms with Crippen LogP contribution in [0.3, 0.4) is 0 Å². The van der Waals surface area contributed by atoms with Crippen LogP contribution < -0.4 is 16.0 Å². The highest BCUT2D eigenvalue weighted by Gasteiger charge is 2.23. The summed E-state index contributed by atoms with van der Waals surface area (Å²) >= 11 is 1.53. The van der Waals surface area contributed by atoms with E-state index in [-0.39, 0.29) is 17.5 Å². The number of nitrogens with one attached hydrogen (secondary N) is 3. The fourth-order valence-corrected chi connectivity index (χ4v) is 4.25. The van der Waals surface area contributed by atoms with Gasteiger partial charge in [-0.25, -0.2) is 9.59 Å². The second-order valence-corrected chi connectivity index (χ2v) is 8.34. The standard InChI is InChI=1S/C20H25N3O5S/c1-12(18(25)23-20(27)21-14-5-3-2-4-6-14)28-19(26)13-7-8-16-15(11-13)22-17(24)9-10-29-16/h7-8,11-12,14H,2-6,9-10H2,1H3,(H,22,24)(H2,21,23,25,27)/t12-/m0/s1. The van der Waals surface area contributed by atoms with E-state index in [4.69, 9.17) is 4.74 Å². The smallest absolute Gasteiger partial charge is 0.338 e. The van der Waals surface area contributed by atoms with E-state index < -0.39 is 24.0 Å². The van der Waals surface area contributed by atoms with Crippen molar-refractivity contribution in [3.05, 3.63) is 23.8 Å². The molecular weight excluding hydrogens is 394 g/mol. The van der Waals surface area contributed by atoms with E-state index in [0.717, 1.165) is 37.0 Å². The summed E-state index contributed by atoms with van der Waals surface area (Å²) < 4.78 is 5.19. The molecule has 1 aliphatic carbocycles. The van der Waals surface area contributed by atoms with Crippen molar-refractivity contribution in [2.45, 2.75) is 62.5 Å². The third kappa shape index (κ3) is 5.96. The number of urea groups is 1. The predicted octanol–water partition coefficient (Wildman–Crippen LogP) is 2.82. The number of benzene rings is 1. The molecule has 1 aromatic carbocycles. The van der Waals surface area contributed by atoms with Crippen molar-refractivity contribution in [3.63, 3.8) is 0 Å². The van der Waals surface area contributed by atoms with Crippen LogP contribution in [0.25, 0.3) is 0 Å². The Hall–Kier alpha value is -2.55. The Kier molecular flexibility index (Phi) is 7.13. The normalized spacial score (nSPS) is 17.9. The lowest BCUT2D eigenvalue weighted by Crippen LogP contribution is -2.48. The molecule has 0 spiro atoms. The molecule has 3 rings (SSSR count). The number of imide groups is 1. The van der Waals surface area contributed by atoms with Crippen LogP contribution in [0.5, 0.6) is 0 Å². The highest BCUT2D eigenvalue weighted by molar-refractivity contribution is 7.99. The van der Waals surface area contributed by atoms with E-state index in [9.17, 15) is 19.2 Å². The molecule has 0 radical (unpaired) electrons. The number of carbonyl (C=O) groups is 4. The first-order valence-corrected chi connectivity index (χ1v) is 10.8. The van der Waals surface area contributed by atoms with Crippen LogP contribution in [-0.4, -0.2) is 41.7 Å². The van der Waals surface area contributed by atoms with Crippen LogP contribution in [0.15, 0.2) is 23.1 Å². The highest BCUT2D eigenvalue weighted by Crippen LogP contribution is 2.31. The fraction of sp³-hybridized carbons (Fsp3) is 0.500. The average molecular weight is 420 g/mol. The molecule has 4 amide bonds. The zero-order valence-electron chi connectivity index (χ0n) is 16.3. The number of hydrogen-bond donors (Lipinski definition) is 3. The fourth-order valence-electron chi connectivity index (χ4n) is 3.31. The van der Waals surface area contributed by atoms with E-state index in [1.165, 1.54) is 24.8 Å². The molecule has 1 aliphatic heterocycles. The van der Waals surface area contributed by atoms with E-state index in [0.29, 0.717) is 17.9 Å². The minimum Gasteiger partial charge on any atom is -0.449 e. The molecule has 0 unspecified atom stereocenters. The SMILES string of the molecule is C[C@H](OC(=O)c1ccc2c(c1)NC(=O)CCS2)C(=O)NC(=O)NC1CCCCC1. The van der Waals surface area contributed by atoms with Gasteiger partial charge < -0.3 is 15.4 Å². The van der Waals surface area contributed by atoms with Gasteiger partial charge in [0.15, 0.2) is 6.10 Å². The monoisotopic (exact) mass is 419 g/mol. The summed E-state index contributed by atoms with van der Waals surface area (Å²) in [6.07, 6.45) is 4.36. The highest BCUT2D eigenvalue weighted by atomic mass is 32.2. The van der Waals surface area contributed by atoms with Gasteiger partial charge in [-0.15, -0.1) is 11.8 Å².